The zero-order valence-electron chi connectivity index (χ0n) is 15.3. The van der Waals surface area contributed by atoms with Crippen molar-refractivity contribution in [1.29, 1.82) is 0 Å². The van der Waals surface area contributed by atoms with E-state index in [1.54, 1.807) is 0 Å². The van der Waals surface area contributed by atoms with E-state index in [0.29, 0.717) is 24.7 Å². The summed E-state index contributed by atoms with van der Waals surface area (Å²) >= 11 is 6.00. The minimum atomic E-state index is -0.814. The molecule has 0 spiro atoms. The third-order valence-electron chi connectivity index (χ3n) is 5.08. The van der Waals surface area contributed by atoms with Crippen LogP contribution in [0.25, 0.3) is 10.9 Å². The van der Waals surface area contributed by atoms with Gasteiger partial charge >= 0.3 is 12.0 Å². The van der Waals surface area contributed by atoms with Crippen molar-refractivity contribution in [3.63, 3.8) is 0 Å². The number of carbonyl (C=O) groups excluding carboxylic acids is 1. The number of rotatable bonds is 8. The largest absolute Gasteiger partial charge is 0.480 e. The fourth-order valence-electron chi connectivity index (χ4n) is 3.57. The van der Waals surface area contributed by atoms with E-state index in [-0.39, 0.29) is 24.7 Å². The van der Waals surface area contributed by atoms with Gasteiger partial charge in [-0.05, 0) is 43.7 Å². The van der Waals surface area contributed by atoms with Crippen LogP contribution >= 0.6 is 11.6 Å². The van der Waals surface area contributed by atoms with Crippen LogP contribution in [0.2, 0.25) is 5.02 Å². The van der Waals surface area contributed by atoms with Crippen molar-refractivity contribution < 1.29 is 14.7 Å². The second kappa shape index (κ2) is 8.63. The van der Waals surface area contributed by atoms with Crippen molar-refractivity contribution in [1.82, 2.24) is 20.1 Å². The fraction of sp³-hybridized carbons (Fsp3) is 0.474. The lowest BCUT2D eigenvalue weighted by molar-refractivity contribution is -0.139. The molecule has 0 aliphatic heterocycles. The van der Waals surface area contributed by atoms with Crippen LogP contribution in [0.1, 0.15) is 19.8 Å². The molecule has 1 fully saturated rings. The number of halogens is 1. The Morgan fingerprint density at radius 1 is 1.33 bits per heavy atom. The summed E-state index contributed by atoms with van der Waals surface area (Å²) in [4.78, 5) is 24.8. The molecule has 1 aromatic carbocycles. The maximum absolute atomic E-state index is 12.1. The zero-order valence-corrected chi connectivity index (χ0v) is 16.1. The Morgan fingerprint density at radius 2 is 2.11 bits per heavy atom. The summed E-state index contributed by atoms with van der Waals surface area (Å²) in [6, 6.07) is 7.91. The summed E-state index contributed by atoms with van der Waals surface area (Å²) in [6.45, 7) is 3.90. The maximum atomic E-state index is 12.1. The maximum Gasteiger partial charge on any atom is 0.317 e. The van der Waals surface area contributed by atoms with Gasteiger partial charge in [0.15, 0.2) is 0 Å². The number of fused-ring (bicyclic) bond motifs is 1. The molecule has 0 saturated heterocycles. The highest BCUT2D eigenvalue weighted by molar-refractivity contribution is 6.31. The van der Waals surface area contributed by atoms with E-state index in [1.165, 1.54) is 0 Å². The molecular weight excluding hydrogens is 368 g/mol. The van der Waals surface area contributed by atoms with Crippen molar-refractivity contribution >= 4 is 34.5 Å². The molecule has 1 saturated carbocycles. The predicted molar refractivity (Wildman–Crippen MR) is 105 cm³/mol. The first-order valence-electron chi connectivity index (χ1n) is 9.21. The quantitative estimate of drug-likeness (QED) is 0.644. The normalized spacial score (nSPS) is 19.1. The number of carbonyl (C=O) groups is 2. The Labute approximate surface area is 163 Å². The lowest BCUT2D eigenvalue weighted by atomic mass is 9.85. The van der Waals surface area contributed by atoms with Gasteiger partial charge in [-0.25, -0.2) is 4.79 Å². The molecule has 0 radical (unpaired) electrons. The third kappa shape index (κ3) is 4.93. The van der Waals surface area contributed by atoms with E-state index in [1.807, 2.05) is 42.3 Å². The van der Waals surface area contributed by atoms with E-state index in [4.69, 9.17) is 16.7 Å². The molecule has 0 unspecified atom stereocenters. The number of nitrogens with one attached hydrogen (secondary N) is 2. The van der Waals surface area contributed by atoms with E-state index < -0.39 is 5.97 Å². The standard InChI is InChI=1S/C19H25ClN4O3/c1-2-23(12-18(25)26)16-10-15(11-16)22-19(27)21-6-8-24-7-5-13-9-14(20)3-4-17(13)24/h3-5,7,9,15-16H,2,6,8,10-12H2,1H3,(H,25,26)(H2,21,22,27). The molecule has 2 amide bonds. The van der Waals surface area contributed by atoms with E-state index in [0.717, 1.165) is 23.7 Å². The summed E-state index contributed by atoms with van der Waals surface area (Å²) in [7, 11) is 0. The van der Waals surface area contributed by atoms with Gasteiger partial charge in [0, 0.05) is 47.3 Å². The Morgan fingerprint density at radius 3 is 2.81 bits per heavy atom. The Hall–Kier alpha value is -2.25. The molecule has 0 bridgehead atoms. The zero-order chi connectivity index (χ0) is 19.4. The second-order valence-electron chi connectivity index (χ2n) is 6.89. The van der Waals surface area contributed by atoms with Crippen LogP contribution in [0, 0.1) is 0 Å². The molecule has 3 N–H and O–H groups in total. The lowest BCUT2D eigenvalue weighted by Crippen LogP contribution is -2.56. The molecule has 8 heteroatoms. The number of hydrogen-bond acceptors (Lipinski definition) is 3. The number of nitrogens with zero attached hydrogens (tertiary/aromatic N) is 2. The number of urea groups is 1. The van der Waals surface area contributed by atoms with E-state index >= 15 is 0 Å². The Bertz CT molecular complexity index is 816. The number of likely N-dealkylation sites (N-methyl/N-ethyl adjacent to an activating group) is 1. The SMILES string of the molecule is CCN(CC(=O)O)C1CC(NC(=O)NCCn2ccc3cc(Cl)ccc32)C1. The van der Waals surface area contributed by atoms with Crippen molar-refractivity contribution in [3.05, 3.63) is 35.5 Å². The van der Waals surface area contributed by atoms with Gasteiger partial charge in [0.2, 0.25) is 0 Å². The summed E-state index contributed by atoms with van der Waals surface area (Å²) in [5, 5.41) is 16.5. The highest BCUT2D eigenvalue weighted by Crippen LogP contribution is 2.25. The van der Waals surface area contributed by atoms with Gasteiger partial charge in [-0.1, -0.05) is 18.5 Å². The average Bonchev–Trinajstić information content (AvgIpc) is 2.98. The average molecular weight is 393 g/mol. The number of carboxylic acids is 1. The van der Waals surface area contributed by atoms with Crippen LogP contribution in [-0.2, 0) is 11.3 Å². The van der Waals surface area contributed by atoms with Crippen molar-refractivity contribution in [2.24, 2.45) is 0 Å². The van der Waals surface area contributed by atoms with Crippen molar-refractivity contribution in [3.8, 4) is 0 Å². The lowest BCUT2D eigenvalue weighted by Gasteiger charge is -2.42. The first-order chi connectivity index (χ1) is 13.0. The van der Waals surface area contributed by atoms with Crippen LogP contribution in [-0.4, -0.2) is 58.3 Å². The summed E-state index contributed by atoms with van der Waals surface area (Å²) in [5.74, 6) is -0.814. The molecule has 27 heavy (non-hydrogen) atoms. The van der Waals surface area contributed by atoms with Gasteiger partial charge < -0.3 is 20.3 Å². The van der Waals surface area contributed by atoms with E-state index in [2.05, 4.69) is 15.2 Å². The predicted octanol–water partition coefficient (Wildman–Crippen LogP) is 2.53. The molecule has 1 aliphatic carbocycles. The van der Waals surface area contributed by atoms with Gasteiger partial charge in [-0.2, -0.15) is 0 Å². The van der Waals surface area contributed by atoms with Gasteiger partial charge in [0.25, 0.3) is 0 Å². The number of benzene rings is 1. The van der Waals surface area contributed by atoms with Crippen LogP contribution in [0.15, 0.2) is 30.5 Å². The Kier molecular flexibility index (Phi) is 6.23. The molecule has 1 aliphatic rings. The topological polar surface area (TPSA) is 86.6 Å². The van der Waals surface area contributed by atoms with Crippen molar-refractivity contribution in [2.45, 2.75) is 38.4 Å². The Balaban J connectivity index is 1.39. The van der Waals surface area contributed by atoms with E-state index in [9.17, 15) is 9.59 Å². The summed E-state index contributed by atoms with van der Waals surface area (Å²) < 4.78 is 2.08. The summed E-state index contributed by atoms with van der Waals surface area (Å²) in [5.41, 5.74) is 1.08. The number of aliphatic carboxylic acids is 1. The number of carboxylic acid groups (broad SMARTS) is 1. The molecule has 3 rings (SSSR count). The number of aromatic nitrogens is 1. The summed E-state index contributed by atoms with van der Waals surface area (Å²) in [6.07, 6.45) is 3.56. The minimum absolute atomic E-state index is 0.0517. The highest BCUT2D eigenvalue weighted by Gasteiger charge is 2.34. The highest BCUT2D eigenvalue weighted by atomic mass is 35.5. The molecule has 2 aromatic rings. The first kappa shape index (κ1) is 19.5. The molecule has 1 aromatic heterocycles. The van der Waals surface area contributed by atoms with Gasteiger partial charge in [0.1, 0.15) is 0 Å². The van der Waals surface area contributed by atoms with Crippen LogP contribution in [0.5, 0.6) is 0 Å². The van der Waals surface area contributed by atoms with Crippen molar-refractivity contribution in [2.75, 3.05) is 19.6 Å². The van der Waals surface area contributed by atoms with Gasteiger partial charge in [0.05, 0.1) is 6.54 Å². The van der Waals surface area contributed by atoms with Crippen LogP contribution < -0.4 is 10.6 Å². The molecule has 7 nitrogen and oxygen atoms in total. The molecule has 0 atom stereocenters. The molecular formula is C19H25ClN4O3. The smallest absolute Gasteiger partial charge is 0.317 e. The van der Waals surface area contributed by atoms with Crippen LogP contribution in [0.3, 0.4) is 0 Å². The second-order valence-corrected chi connectivity index (χ2v) is 7.33. The van der Waals surface area contributed by atoms with Gasteiger partial charge in [-0.15, -0.1) is 0 Å². The monoisotopic (exact) mass is 392 g/mol. The first-order valence-corrected chi connectivity index (χ1v) is 9.58. The van der Waals surface area contributed by atoms with Crippen LogP contribution in [0.4, 0.5) is 4.79 Å². The fourth-order valence-corrected chi connectivity index (χ4v) is 3.75. The number of amides is 2. The molecule has 1 heterocycles. The van der Waals surface area contributed by atoms with Gasteiger partial charge in [-0.3, -0.25) is 9.69 Å². The third-order valence-corrected chi connectivity index (χ3v) is 5.32. The molecule has 146 valence electrons. The minimum Gasteiger partial charge on any atom is -0.480 e. The number of hydrogen-bond donors (Lipinski definition) is 3.